The van der Waals surface area contributed by atoms with Crippen LogP contribution in [-0.2, 0) is 14.4 Å². The third-order valence-electron chi connectivity index (χ3n) is 4.82. The molecule has 2 rings (SSSR count). The van der Waals surface area contributed by atoms with Crippen LogP contribution in [-0.4, -0.2) is 28.9 Å². The normalized spacial score (nSPS) is 18.2. The second-order valence-corrected chi connectivity index (χ2v) is 6.74. The van der Waals surface area contributed by atoms with Crippen molar-refractivity contribution in [2.75, 3.05) is 0 Å². The number of aliphatic carboxylic acids is 1. The van der Waals surface area contributed by atoms with Crippen molar-refractivity contribution < 1.29 is 19.5 Å². The Hall–Kier alpha value is -2.37. The van der Waals surface area contributed by atoms with Gasteiger partial charge in [0.25, 0.3) is 0 Å². The fourth-order valence-corrected chi connectivity index (χ4v) is 3.16. The molecule has 0 spiro atoms. The maximum atomic E-state index is 12.5. The van der Waals surface area contributed by atoms with Crippen molar-refractivity contribution in [3.8, 4) is 0 Å². The first-order chi connectivity index (χ1) is 11.9. The molecular formula is C19H26N2O4. The van der Waals surface area contributed by atoms with Gasteiger partial charge in [-0.1, -0.05) is 43.2 Å². The molecule has 1 saturated carbocycles. The minimum absolute atomic E-state index is 0.0156. The molecule has 1 fully saturated rings. The lowest BCUT2D eigenvalue weighted by Crippen LogP contribution is -2.48. The highest BCUT2D eigenvalue weighted by Crippen LogP contribution is 2.25. The summed E-state index contributed by atoms with van der Waals surface area (Å²) in [5.41, 5.74) is 0.722. The molecule has 2 amide bonds. The SMILES string of the molecule is CC(NC(=O)C1CCCC1)C(=O)NC(c1ccccc1)C(C)C(=O)O. The van der Waals surface area contributed by atoms with Gasteiger partial charge in [0.15, 0.2) is 0 Å². The van der Waals surface area contributed by atoms with E-state index in [2.05, 4.69) is 10.6 Å². The molecule has 3 N–H and O–H groups in total. The van der Waals surface area contributed by atoms with Crippen LogP contribution in [0.3, 0.4) is 0 Å². The zero-order valence-electron chi connectivity index (χ0n) is 14.7. The van der Waals surface area contributed by atoms with Crippen LogP contribution in [0.1, 0.15) is 51.1 Å². The first kappa shape index (κ1) is 19.0. The number of carbonyl (C=O) groups excluding carboxylic acids is 2. The predicted molar refractivity (Wildman–Crippen MR) is 93.7 cm³/mol. The second-order valence-electron chi connectivity index (χ2n) is 6.74. The Labute approximate surface area is 148 Å². The molecule has 1 aromatic rings. The van der Waals surface area contributed by atoms with Gasteiger partial charge in [-0.05, 0) is 32.3 Å². The molecule has 0 bridgehead atoms. The third-order valence-corrected chi connectivity index (χ3v) is 4.82. The monoisotopic (exact) mass is 346 g/mol. The number of carboxylic acid groups (broad SMARTS) is 1. The molecule has 0 heterocycles. The fraction of sp³-hybridized carbons (Fsp3) is 0.526. The van der Waals surface area contributed by atoms with Gasteiger partial charge in [0.05, 0.1) is 12.0 Å². The van der Waals surface area contributed by atoms with Crippen LogP contribution >= 0.6 is 0 Å². The molecule has 0 aromatic heterocycles. The summed E-state index contributed by atoms with van der Waals surface area (Å²) in [6.45, 7) is 3.18. The summed E-state index contributed by atoms with van der Waals surface area (Å²) in [7, 11) is 0. The maximum Gasteiger partial charge on any atom is 0.308 e. The molecule has 6 heteroatoms. The molecule has 0 aliphatic heterocycles. The number of nitrogens with one attached hydrogen (secondary N) is 2. The van der Waals surface area contributed by atoms with Crippen molar-refractivity contribution in [3.63, 3.8) is 0 Å². The quantitative estimate of drug-likeness (QED) is 0.706. The zero-order valence-corrected chi connectivity index (χ0v) is 14.7. The van der Waals surface area contributed by atoms with Gasteiger partial charge in [-0.25, -0.2) is 0 Å². The van der Waals surface area contributed by atoms with E-state index in [0.29, 0.717) is 0 Å². The summed E-state index contributed by atoms with van der Waals surface area (Å²) < 4.78 is 0. The van der Waals surface area contributed by atoms with E-state index in [1.807, 2.05) is 6.07 Å². The van der Waals surface area contributed by atoms with E-state index in [-0.39, 0.29) is 17.7 Å². The molecule has 1 aliphatic rings. The van der Waals surface area contributed by atoms with Crippen molar-refractivity contribution in [2.24, 2.45) is 11.8 Å². The Balaban J connectivity index is 2.02. The summed E-state index contributed by atoms with van der Waals surface area (Å²) in [4.78, 5) is 36.1. The number of rotatable bonds is 7. The van der Waals surface area contributed by atoms with Gasteiger partial charge in [-0.3, -0.25) is 14.4 Å². The van der Waals surface area contributed by atoms with Crippen LogP contribution in [0, 0.1) is 11.8 Å². The van der Waals surface area contributed by atoms with Gasteiger partial charge in [-0.2, -0.15) is 0 Å². The number of carbonyl (C=O) groups is 3. The molecule has 6 nitrogen and oxygen atoms in total. The van der Waals surface area contributed by atoms with Crippen LogP contribution in [0.5, 0.6) is 0 Å². The summed E-state index contributed by atoms with van der Waals surface area (Å²) >= 11 is 0. The van der Waals surface area contributed by atoms with Gasteiger partial charge in [0.1, 0.15) is 6.04 Å². The van der Waals surface area contributed by atoms with Crippen molar-refractivity contribution in [3.05, 3.63) is 35.9 Å². The second kappa shape index (κ2) is 8.65. The average Bonchev–Trinajstić information content (AvgIpc) is 3.14. The van der Waals surface area contributed by atoms with E-state index in [1.54, 1.807) is 38.1 Å². The molecule has 136 valence electrons. The van der Waals surface area contributed by atoms with Crippen LogP contribution in [0.15, 0.2) is 30.3 Å². The van der Waals surface area contributed by atoms with Crippen LogP contribution < -0.4 is 10.6 Å². The van der Waals surface area contributed by atoms with Crippen LogP contribution in [0.2, 0.25) is 0 Å². The Morgan fingerprint density at radius 3 is 2.20 bits per heavy atom. The standard InChI is InChI=1S/C19H26N2O4/c1-12(19(24)25)16(14-8-4-3-5-9-14)21-17(22)13(2)20-18(23)15-10-6-7-11-15/h3-5,8-9,12-13,15-16H,6-7,10-11H2,1-2H3,(H,20,23)(H,21,22)(H,24,25). The zero-order chi connectivity index (χ0) is 18.4. The molecule has 0 radical (unpaired) electrons. The minimum Gasteiger partial charge on any atom is -0.481 e. The highest BCUT2D eigenvalue weighted by Gasteiger charge is 2.30. The Morgan fingerprint density at radius 1 is 1.04 bits per heavy atom. The van der Waals surface area contributed by atoms with E-state index in [1.165, 1.54) is 0 Å². The van der Waals surface area contributed by atoms with Gasteiger partial charge in [0, 0.05) is 5.92 Å². The Kier molecular flexibility index (Phi) is 6.56. The highest BCUT2D eigenvalue weighted by atomic mass is 16.4. The Bertz CT molecular complexity index is 611. The maximum absolute atomic E-state index is 12.5. The molecule has 0 saturated heterocycles. The van der Waals surface area contributed by atoms with Gasteiger partial charge >= 0.3 is 5.97 Å². The van der Waals surface area contributed by atoms with Crippen molar-refractivity contribution >= 4 is 17.8 Å². The van der Waals surface area contributed by atoms with E-state index in [0.717, 1.165) is 31.2 Å². The van der Waals surface area contributed by atoms with Gasteiger partial charge in [-0.15, -0.1) is 0 Å². The minimum atomic E-state index is -0.989. The largest absolute Gasteiger partial charge is 0.481 e. The summed E-state index contributed by atoms with van der Waals surface area (Å²) in [6.07, 6.45) is 3.82. The first-order valence-electron chi connectivity index (χ1n) is 8.78. The lowest BCUT2D eigenvalue weighted by molar-refractivity contribution is -0.142. The Morgan fingerprint density at radius 2 is 1.64 bits per heavy atom. The topological polar surface area (TPSA) is 95.5 Å². The van der Waals surface area contributed by atoms with Gasteiger partial charge < -0.3 is 15.7 Å². The molecule has 1 aromatic carbocycles. The smallest absolute Gasteiger partial charge is 0.308 e. The lowest BCUT2D eigenvalue weighted by Gasteiger charge is -2.25. The number of carboxylic acids is 1. The first-order valence-corrected chi connectivity index (χ1v) is 8.78. The van der Waals surface area contributed by atoms with Crippen LogP contribution in [0.25, 0.3) is 0 Å². The molecule has 25 heavy (non-hydrogen) atoms. The number of hydrogen-bond donors (Lipinski definition) is 3. The number of amides is 2. The van der Waals surface area contributed by atoms with Crippen LogP contribution in [0.4, 0.5) is 0 Å². The fourth-order valence-electron chi connectivity index (χ4n) is 3.16. The van der Waals surface area contributed by atoms with E-state index >= 15 is 0 Å². The molecule has 3 atom stereocenters. The van der Waals surface area contributed by atoms with E-state index in [9.17, 15) is 19.5 Å². The summed E-state index contributed by atoms with van der Waals surface area (Å²) in [5.74, 6) is -2.27. The molecule has 1 aliphatic carbocycles. The van der Waals surface area contributed by atoms with Crippen molar-refractivity contribution in [1.82, 2.24) is 10.6 Å². The number of benzene rings is 1. The highest BCUT2D eigenvalue weighted by molar-refractivity contribution is 5.88. The molecule has 3 unspecified atom stereocenters. The van der Waals surface area contributed by atoms with E-state index < -0.39 is 24.0 Å². The third kappa shape index (κ3) is 5.05. The average molecular weight is 346 g/mol. The number of hydrogen-bond acceptors (Lipinski definition) is 3. The van der Waals surface area contributed by atoms with Gasteiger partial charge in [0.2, 0.25) is 11.8 Å². The van der Waals surface area contributed by atoms with Crippen molar-refractivity contribution in [1.29, 1.82) is 0 Å². The van der Waals surface area contributed by atoms with E-state index in [4.69, 9.17) is 0 Å². The van der Waals surface area contributed by atoms with Crippen molar-refractivity contribution in [2.45, 2.75) is 51.6 Å². The summed E-state index contributed by atoms with van der Waals surface area (Å²) in [5, 5.41) is 14.9. The predicted octanol–water partition coefficient (Wildman–Crippen LogP) is 2.26. The lowest BCUT2D eigenvalue weighted by atomic mass is 9.94. The molecular weight excluding hydrogens is 320 g/mol. The summed E-state index contributed by atoms with van der Waals surface area (Å²) in [6, 6.07) is 7.64.